The molecule has 0 spiro atoms. The van der Waals surface area contributed by atoms with E-state index in [2.05, 4.69) is 5.32 Å². The summed E-state index contributed by atoms with van der Waals surface area (Å²) in [5.74, 6) is 0.607. The number of aliphatic hydroxyl groups is 1. The molecule has 5 heteroatoms. The van der Waals surface area contributed by atoms with E-state index >= 15 is 0 Å². The summed E-state index contributed by atoms with van der Waals surface area (Å²) in [6, 6.07) is 7.66. The van der Waals surface area contributed by atoms with Crippen LogP contribution in [-0.2, 0) is 9.53 Å². The van der Waals surface area contributed by atoms with Gasteiger partial charge in [0.2, 0.25) is 5.91 Å². The van der Waals surface area contributed by atoms with Crippen LogP contribution in [0.4, 0.5) is 0 Å². The Labute approximate surface area is 113 Å². The minimum Gasteiger partial charge on any atom is -0.493 e. The van der Waals surface area contributed by atoms with Gasteiger partial charge in [0, 0.05) is 13.7 Å². The molecule has 1 atom stereocenters. The van der Waals surface area contributed by atoms with Crippen molar-refractivity contribution in [2.75, 3.05) is 26.9 Å². The first kappa shape index (κ1) is 15.5. The third-order valence-corrected chi connectivity index (χ3v) is 2.48. The van der Waals surface area contributed by atoms with Gasteiger partial charge in [0.15, 0.2) is 0 Å². The van der Waals surface area contributed by atoms with E-state index in [1.807, 2.05) is 31.2 Å². The van der Waals surface area contributed by atoms with E-state index in [-0.39, 0.29) is 25.5 Å². The number of aryl methyl sites for hydroxylation is 1. The maximum Gasteiger partial charge on any atom is 0.223 e. The smallest absolute Gasteiger partial charge is 0.223 e. The van der Waals surface area contributed by atoms with Gasteiger partial charge in [-0.15, -0.1) is 0 Å². The number of amides is 1. The van der Waals surface area contributed by atoms with E-state index in [9.17, 15) is 9.90 Å². The minimum atomic E-state index is -0.674. The van der Waals surface area contributed by atoms with Gasteiger partial charge in [-0.3, -0.25) is 4.79 Å². The molecule has 1 amide bonds. The zero-order chi connectivity index (χ0) is 14.1. The highest BCUT2D eigenvalue weighted by Crippen LogP contribution is 2.12. The summed E-state index contributed by atoms with van der Waals surface area (Å²) in [5.41, 5.74) is 1.12. The van der Waals surface area contributed by atoms with E-state index < -0.39 is 6.10 Å². The largest absolute Gasteiger partial charge is 0.493 e. The van der Waals surface area contributed by atoms with Gasteiger partial charge in [0.25, 0.3) is 0 Å². The normalized spacial score (nSPS) is 11.9. The number of benzene rings is 1. The first-order valence-corrected chi connectivity index (χ1v) is 6.25. The minimum absolute atomic E-state index is 0.150. The maximum absolute atomic E-state index is 11.5. The molecule has 1 aromatic rings. The second-order valence-corrected chi connectivity index (χ2v) is 4.33. The molecule has 106 valence electrons. The van der Waals surface area contributed by atoms with Gasteiger partial charge >= 0.3 is 0 Å². The van der Waals surface area contributed by atoms with Gasteiger partial charge in [-0.1, -0.05) is 12.1 Å². The van der Waals surface area contributed by atoms with E-state index in [0.717, 1.165) is 11.3 Å². The summed E-state index contributed by atoms with van der Waals surface area (Å²) in [7, 11) is 1.50. The van der Waals surface area contributed by atoms with Crippen molar-refractivity contribution >= 4 is 5.91 Å². The van der Waals surface area contributed by atoms with Crippen molar-refractivity contribution in [1.82, 2.24) is 5.32 Å². The zero-order valence-corrected chi connectivity index (χ0v) is 11.4. The maximum atomic E-state index is 11.5. The van der Waals surface area contributed by atoms with E-state index in [4.69, 9.17) is 9.47 Å². The molecule has 5 nitrogen and oxygen atoms in total. The summed E-state index contributed by atoms with van der Waals surface area (Å²) < 4.78 is 10.2. The third-order valence-electron chi connectivity index (χ3n) is 2.48. The fourth-order valence-electron chi connectivity index (χ4n) is 1.54. The lowest BCUT2D eigenvalue weighted by Gasteiger charge is -2.11. The molecule has 2 N–H and O–H groups in total. The molecule has 0 aliphatic rings. The van der Waals surface area contributed by atoms with Gasteiger partial charge in [-0.05, 0) is 24.6 Å². The fourth-order valence-corrected chi connectivity index (χ4v) is 1.54. The molecule has 1 unspecified atom stereocenters. The number of nitrogens with one attached hydrogen (secondary N) is 1. The van der Waals surface area contributed by atoms with Crippen LogP contribution in [0.5, 0.6) is 5.75 Å². The summed E-state index contributed by atoms with van der Waals surface area (Å²) in [6.07, 6.45) is -0.417. The molecular weight excluding hydrogens is 246 g/mol. The van der Waals surface area contributed by atoms with Crippen LogP contribution in [0.1, 0.15) is 12.0 Å². The standard InChI is InChI=1S/C14H21NO4/c1-11-4-3-5-13(8-11)19-7-6-14(17)15-9-12(16)10-18-2/h3-5,8,12,16H,6-7,9-10H2,1-2H3,(H,15,17). The van der Waals surface area contributed by atoms with Gasteiger partial charge in [-0.2, -0.15) is 0 Å². The van der Waals surface area contributed by atoms with E-state index in [1.54, 1.807) is 0 Å². The van der Waals surface area contributed by atoms with Gasteiger partial charge < -0.3 is 19.9 Å². The number of carbonyl (C=O) groups is 1. The number of methoxy groups -OCH3 is 1. The first-order valence-electron chi connectivity index (χ1n) is 6.25. The predicted molar refractivity (Wildman–Crippen MR) is 72.2 cm³/mol. The quantitative estimate of drug-likeness (QED) is 0.734. The van der Waals surface area contributed by atoms with Crippen molar-refractivity contribution in [3.63, 3.8) is 0 Å². The molecule has 0 aliphatic heterocycles. The Bertz CT molecular complexity index is 395. The highest BCUT2D eigenvalue weighted by Gasteiger charge is 2.06. The number of carbonyl (C=O) groups excluding carboxylic acids is 1. The molecule has 0 fully saturated rings. The molecule has 0 aromatic heterocycles. The molecule has 0 saturated carbocycles. The van der Waals surface area contributed by atoms with Crippen LogP contribution in [0, 0.1) is 6.92 Å². The Morgan fingerprint density at radius 1 is 1.47 bits per heavy atom. The van der Waals surface area contributed by atoms with Crippen LogP contribution in [0.15, 0.2) is 24.3 Å². The second-order valence-electron chi connectivity index (χ2n) is 4.33. The Kier molecular flexibility index (Phi) is 6.92. The molecule has 19 heavy (non-hydrogen) atoms. The van der Waals surface area contributed by atoms with Crippen molar-refractivity contribution in [1.29, 1.82) is 0 Å². The molecule has 0 aliphatic carbocycles. The highest BCUT2D eigenvalue weighted by atomic mass is 16.5. The van der Waals surface area contributed by atoms with Crippen LogP contribution in [0.25, 0.3) is 0 Å². The van der Waals surface area contributed by atoms with Crippen LogP contribution in [0.2, 0.25) is 0 Å². The van der Waals surface area contributed by atoms with E-state index in [0.29, 0.717) is 6.61 Å². The average Bonchev–Trinajstić information content (AvgIpc) is 2.37. The Morgan fingerprint density at radius 3 is 2.95 bits per heavy atom. The Hall–Kier alpha value is -1.59. The summed E-state index contributed by atoms with van der Waals surface area (Å²) in [4.78, 5) is 11.5. The van der Waals surface area contributed by atoms with E-state index in [1.165, 1.54) is 7.11 Å². The topological polar surface area (TPSA) is 67.8 Å². The third kappa shape index (κ3) is 6.79. The Morgan fingerprint density at radius 2 is 2.26 bits per heavy atom. The SMILES string of the molecule is COCC(O)CNC(=O)CCOc1cccc(C)c1. The molecule has 0 saturated heterocycles. The zero-order valence-electron chi connectivity index (χ0n) is 11.4. The van der Waals surface area contributed by atoms with Crippen molar-refractivity contribution in [2.24, 2.45) is 0 Å². The number of hydrogen-bond acceptors (Lipinski definition) is 4. The lowest BCUT2D eigenvalue weighted by atomic mass is 10.2. The highest BCUT2D eigenvalue weighted by molar-refractivity contribution is 5.76. The number of rotatable bonds is 8. The molecule has 0 bridgehead atoms. The average molecular weight is 267 g/mol. The van der Waals surface area contributed by atoms with Crippen LogP contribution in [0.3, 0.4) is 0 Å². The molecule has 1 rings (SSSR count). The lowest BCUT2D eigenvalue weighted by Crippen LogP contribution is -2.34. The molecule has 0 heterocycles. The number of hydrogen-bond donors (Lipinski definition) is 2. The van der Waals surface area contributed by atoms with Crippen molar-refractivity contribution in [3.05, 3.63) is 29.8 Å². The van der Waals surface area contributed by atoms with Crippen molar-refractivity contribution in [3.8, 4) is 5.75 Å². The van der Waals surface area contributed by atoms with Gasteiger partial charge in [-0.25, -0.2) is 0 Å². The van der Waals surface area contributed by atoms with Gasteiger partial charge in [0.1, 0.15) is 5.75 Å². The molecule has 0 radical (unpaired) electrons. The van der Waals surface area contributed by atoms with Crippen LogP contribution in [-0.4, -0.2) is 44.0 Å². The predicted octanol–water partition coefficient (Wildman–Crippen LogP) is 0.887. The lowest BCUT2D eigenvalue weighted by molar-refractivity contribution is -0.122. The van der Waals surface area contributed by atoms with Gasteiger partial charge in [0.05, 0.1) is 25.7 Å². The van der Waals surface area contributed by atoms with Crippen molar-refractivity contribution in [2.45, 2.75) is 19.4 Å². The monoisotopic (exact) mass is 267 g/mol. The van der Waals surface area contributed by atoms with Crippen molar-refractivity contribution < 1.29 is 19.4 Å². The summed E-state index contributed by atoms with van der Waals surface area (Å²) in [6.45, 7) is 2.70. The summed E-state index contributed by atoms with van der Waals surface area (Å²) in [5, 5.41) is 12.0. The second kappa shape index (κ2) is 8.50. The van der Waals surface area contributed by atoms with Crippen LogP contribution < -0.4 is 10.1 Å². The number of ether oxygens (including phenoxy) is 2. The number of aliphatic hydroxyl groups excluding tert-OH is 1. The molecule has 1 aromatic carbocycles. The van der Waals surface area contributed by atoms with Crippen LogP contribution >= 0.6 is 0 Å². The fraction of sp³-hybridized carbons (Fsp3) is 0.500. The summed E-state index contributed by atoms with van der Waals surface area (Å²) >= 11 is 0. The first-order chi connectivity index (χ1) is 9.11. The molecular formula is C14H21NO4. The Balaban J connectivity index is 2.17.